The molecule has 0 spiro atoms. The summed E-state index contributed by atoms with van der Waals surface area (Å²) in [7, 11) is 0. The zero-order chi connectivity index (χ0) is 20.1. The monoisotopic (exact) mass is 386 g/mol. The van der Waals surface area contributed by atoms with Crippen molar-refractivity contribution in [3.05, 3.63) is 71.3 Å². The highest BCUT2D eigenvalue weighted by molar-refractivity contribution is 6.46. The lowest BCUT2D eigenvalue weighted by molar-refractivity contribution is -0.140. The average Bonchev–Trinajstić information content (AvgIpc) is 2.97. The van der Waals surface area contributed by atoms with E-state index in [2.05, 4.69) is 4.98 Å². The van der Waals surface area contributed by atoms with Crippen molar-refractivity contribution in [2.24, 2.45) is 0 Å². The molecule has 28 heavy (non-hydrogen) atoms. The molecule has 1 fully saturated rings. The average molecular weight is 386 g/mol. The summed E-state index contributed by atoms with van der Waals surface area (Å²) < 4.78 is 18.4. The summed E-state index contributed by atoms with van der Waals surface area (Å²) in [4.78, 5) is 30.8. The van der Waals surface area contributed by atoms with Gasteiger partial charge in [-0.2, -0.15) is 0 Å². The third-order valence-electron chi connectivity index (χ3n) is 4.34. The Morgan fingerprint density at radius 1 is 1.14 bits per heavy atom. The number of pyridine rings is 1. The van der Waals surface area contributed by atoms with E-state index in [0.29, 0.717) is 5.69 Å². The number of hydrogen-bond donors (Lipinski definition) is 2. The largest absolute Gasteiger partial charge is 0.507 e. The first kappa shape index (κ1) is 19.7. The molecule has 1 atom stereocenters. The Morgan fingerprint density at radius 3 is 2.54 bits per heavy atom. The van der Waals surface area contributed by atoms with Gasteiger partial charge >= 0.3 is 0 Å². The predicted octanol–water partition coefficient (Wildman–Crippen LogP) is 1.65. The second-order valence-corrected chi connectivity index (χ2v) is 6.09. The Labute approximate surface area is 160 Å². The molecular weight excluding hydrogens is 367 g/mol. The van der Waals surface area contributed by atoms with Crippen molar-refractivity contribution in [3.8, 4) is 0 Å². The number of aromatic nitrogens is 1. The molecule has 0 aliphatic carbocycles. The van der Waals surface area contributed by atoms with Gasteiger partial charge < -0.3 is 19.8 Å². The van der Waals surface area contributed by atoms with E-state index >= 15 is 0 Å². The molecule has 0 saturated carbocycles. The highest BCUT2D eigenvalue weighted by Crippen LogP contribution is 2.38. The third kappa shape index (κ3) is 3.92. The van der Waals surface area contributed by atoms with Gasteiger partial charge in [0.1, 0.15) is 17.6 Å². The highest BCUT2D eigenvalue weighted by atomic mass is 19.1. The number of Topliss-reactive ketones (excluding diaryl/α,β-unsaturated/α-hetero) is 1. The minimum atomic E-state index is -0.899. The summed E-state index contributed by atoms with van der Waals surface area (Å²) in [6.45, 7) is 0.125. The van der Waals surface area contributed by atoms with Crippen molar-refractivity contribution in [1.29, 1.82) is 0 Å². The lowest BCUT2D eigenvalue weighted by atomic mass is 9.98. The fourth-order valence-corrected chi connectivity index (χ4v) is 3.05. The topological polar surface area (TPSA) is 100.0 Å². The molecule has 8 heteroatoms. The van der Waals surface area contributed by atoms with Crippen molar-refractivity contribution in [2.45, 2.75) is 6.04 Å². The van der Waals surface area contributed by atoms with E-state index in [1.54, 1.807) is 18.2 Å². The van der Waals surface area contributed by atoms with Crippen LogP contribution >= 0.6 is 0 Å². The fraction of sp³-hybridized carbons (Fsp3) is 0.250. The number of nitrogens with zero attached hydrogens (tertiary/aromatic N) is 2. The first-order chi connectivity index (χ1) is 13.5. The number of amides is 1. The fourth-order valence-electron chi connectivity index (χ4n) is 3.05. The van der Waals surface area contributed by atoms with Gasteiger partial charge in [0, 0.05) is 18.3 Å². The predicted molar refractivity (Wildman–Crippen MR) is 97.6 cm³/mol. The molecule has 146 valence electrons. The van der Waals surface area contributed by atoms with Crippen LogP contribution in [0.15, 0.2) is 54.2 Å². The van der Waals surface area contributed by atoms with Gasteiger partial charge in [-0.1, -0.05) is 6.07 Å². The van der Waals surface area contributed by atoms with Crippen LogP contribution < -0.4 is 0 Å². The van der Waals surface area contributed by atoms with Crippen molar-refractivity contribution in [1.82, 2.24) is 9.88 Å². The maximum atomic E-state index is 13.2. The molecule has 0 bridgehead atoms. The van der Waals surface area contributed by atoms with Crippen molar-refractivity contribution < 1.29 is 28.9 Å². The Bertz CT molecular complexity index is 883. The van der Waals surface area contributed by atoms with E-state index < -0.39 is 29.3 Å². The number of aliphatic hydroxyl groups excluding tert-OH is 2. The molecule has 1 saturated heterocycles. The molecule has 1 amide bonds. The minimum Gasteiger partial charge on any atom is -0.507 e. The summed E-state index contributed by atoms with van der Waals surface area (Å²) in [5, 5.41) is 19.5. The van der Waals surface area contributed by atoms with Gasteiger partial charge in [0.2, 0.25) is 0 Å². The second kappa shape index (κ2) is 8.73. The molecular formula is C20H19FN2O5. The minimum absolute atomic E-state index is 0.0754. The van der Waals surface area contributed by atoms with Crippen LogP contribution in [0.25, 0.3) is 5.76 Å². The summed E-state index contributed by atoms with van der Waals surface area (Å²) in [5.74, 6) is -2.52. The molecule has 0 unspecified atom stereocenters. The number of carbonyl (C=O) groups is 2. The van der Waals surface area contributed by atoms with Gasteiger partial charge in [-0.25, -0.2) is 4.39 Å². The van der Waals surface area contributed by atoms with Crippen LogP contribution in [0.3, 0.4) is 0 Å². The normalized spacial score (nSPS) is 18.6. The van der Waals surface area contributed by atoms with Crippen molar-refractivity contribution >= 4 is 17.4 Å². The number of ketones is 1. The van der Waals surface area contributed by atoms with Crippen LogP contribution in [0.5, 0.6) is 0 Å². The quantitative estimate of drug-likeness (QED) is 0.325. The summed E-state index contributed by atoms with van der Waals surface area (Å²) >= 11 is 0. The third-order valence-corrected chi connectivity index (χ3v) is 4.34. The van der Waals surface area contributed by atoms with E-state index in [1.807, 2.05) is 0 Å². The summed E-state index contributed by atoms with van der Waals surface area (Å²) in [5.41, 5.74) is 0.516. The molecule has 1 aromatic heterocycles. The van der Waals surface area contributed by atoms with E-state index in [4.69, 9.17) is 9.84 Å². The van der Waals surface area contributed by atoms with Crippen LogP contribution in [0.1, 0.15) is 17.3 Å². The molecule has 1 aliphatic heterocycles. The number of rotatable bonds is 7. The second-order valence-electron chi connectivity index (χ2n) is 6.09. The maximum absolute atomic E-state index is 13.2. The van der Waals surface area contributed by atoms with Gasteiger partial charge in [0.05, 0.1) is 31.1 Å². The smallest absolute Gasteiger partial charge is 0.295 e. The van der Waals surface area contributed by atoms with E-state index in [-0.39, 0.29) is 37.5 Å². The van der Waals surface area contributed by atoms with Gasteiger partial charge in [0.15, 0.2) is 0 Å². The van der Waals surface area contributed by atoms with Crippen LogP contribution in [0, 0.1) is 5.82 Å². The first-order valence-electron chi connectivity index (χ1n) is 8.68. The maximum Gasteiger partial charge on any atom is 0.295 e. The van der Waals surface area contributed by atoms with Crippen LogP contribution in [-0.2, 0) is 14.3 Å². The molecule has 7 nitrogen and oxygen atoms in total. The lowest BCUT2D eigenvalue weighted by Gasteiger charge is -2.24. The molecule has 2 N–H and O–H groups in total. The SMILES string of the molecule is O=C1C(=O)N(CCOCCO)[C@@H](c2ccccn2)C1=C(O)c1ccc(F)cc1. The Morgan fingerprint density at radius 2 is 1.89 bits per heavy atom. The molecule has 2 heterocycles. The van der Waals surface area contributed by atoms with Gasteiger partial charge in [-0.05, 0) is 36.4 Å². The number of halogens is 1. The Hall–Kier alpha value is -3.10. The Balaban J connectivity index is 2.03. The van der Waals surface area contributed by atoms with Gasteiger partial charge in [0.25, 0.3) is 11.7 Å². The standard InChI is InChI=1S/C20H19FN2O5/c21-14-6-4-13(5-7-14)18(25)16-17(15-3-1-2-8-22-15)23(20(27)19(16)26)9-11-28-12-10-24/h1-8,17,24-25H,9-12H2/t17-/m0/s1. The summed E-state index contributed by atoms with van der Waals surface area (Å²) in [6.07, 6.45) is 1.52. The van der Waals surface area contributed by atoms with Crippen molar-refractivity contribution in [2.75, 3.05) is 26.4 Å². The van der Waals surface area contributed by atoms with Crippen LogP contribution in [0.2, 0.25) is 0 Å². The van der Waals surface area contributed by atoms with Crippen LogP contribution in [-0.4, -0.2) is 58.2 Å². The molecule has 2 aromatic rings. The zero-order valence-corrected chi connectivity index (χ0v) is 14.9. The molecule has 0 radical (unpaired) electrons. The lowest BCUT2D eigenvalue weighted by Crippen LogP contribution is -2.33. The van der Waals surface area contributed by atoms with Crippen molar-refractivity contribution in [3.63, 3.8) is 0 Å². The number of likely N-dealkylation sites (tertiary alicyclic amines) is 1. The zero-order valence-electron chi connectivity index (χ0n) is 14.9. The van der Waals surface area contributed by atoms with E-state index in [0.717, 1.165) is 12.1 Å². The number of benzene rings is 1. The highest BCUT2D eigenvalue weighted by Gasteiger charge is 2.46. The number of ether oxygens (including phenoxy) is 1. The number of aliphatic hydroxyl groups is 2. The van der Waals surface area contributed by atoms with Gasteiger partial charge in [-0.15, -0.1) is 0 Å². The van der Waals surface area contributed by atoms with E-state index in [9.17, 15) is 19.1 Å². The first-order valence-corrected chi connectivity index (χ1v) is 8.68. The van der Waals surface area contributed by atoms with E-state index in [1.165, 1.54) is 23.2 Å². The molecule has 1 aromatic carbocycles. The Kier molecular flexibility index (Phi) is 6.13. The van der Waals surface area contributed by atoms with Crippen LogP contribution in [0.4, 0.5) is 4.39 Å². The number of hydrogen-bond acceptors (Lipinski definition) is 6. The molecule has 3 rings (SSSR count). The molecule has 1 aliphatic rings. The summed E-state index contributed by atoms with van der Waals surface area (Å²) in [6, 6.07) is 9.13. The van der Waals surface area contributed by atoms with Gasteiger partial charge in [-0.3, -0.25) is 14.6 Å². The number of carbonyl (C=O) groups excluding carboxylic acids is 2.